The minimum absolute atomic E-state index is 0.894. The lowest BCUT2D eigenvalue weighted by atomic mass is 9.94. The van der Waals surface area contributed by atoms with Gasteiger partial charge in [-0.3, -0.25) is 0 Å². The molecule has 0 bridgehead atoms. The summed E-state index contributed by atoms with van der Waals surface area (Å²) in [5, 5.41) is 6.82. The Morgan fingerprint density at radius 2 is 0.905 bits per heavy atom. The minimum atomic E-state index is 0.894. The van der Waals surface area contributed by atoms with Crippen molar-refractivity contribution in [1.82, 2.24) is 0 Å². The molecular formula is C39H26O3. The maximum atomic E-state index is 6.32. The third-order valence-corrected chi connectivity index (χ3v) is 8.80. The van der Waals surface area contributed by atoms with E-state index >= 15 is 0 Å². The summed E-state index contributed by atoms with van der Waals surface area (Å²) in [4.78, 5) is 0. The molecular weight excluding hydrogens is 516 g/mol. The van der Waals surface area contributed by atoms with E-state index in [9.17, 15) is 0 Å². The molecule has 3 heteroatoms. The molecule has 3 nitrogen and oxygen atoms in total. The molecule has 6 aromatic carbocycles. The molecule has 200 valence electrons. The highest BCUT2D eigenvalue weighted by Gasteiger charge is 2.16. The lowest BCUT2D eigenvalue weighted by Crippen LogP contribution is -1.88. The van der Waals surface area contributed by atoms with Crippen molar-refractivity contribution in [2.24, 2.45) is 0 Å². The zero-order chi connectivity index (χ0) is 27.9. The van der Waals surface area contributed by atoms with Gasteiger partial charge in [-0.2, -0.15) is 0 Å². The van der Waals surface area contributed by atoms with Crippen LogP contribution in [0.1, 0.15) is 18.1 Å². The van der Waals surface area contributed by atoms with E-state index in [-0.39, 0.29) is 0 Å². The summed E-state index contributed by atoms with van der Waals surface area (Å²) in [6.07, 6.45) is 0.918. The molecule has 0 aliphatic rings. The molecule has 42 heavy (non-hydrogen) atoms. The van der Waals surface area contributed by atoms with Crippen molar-refractivity contribution in [3.8, 4) is 22.3 Å². The molecule has 0 radical (unpaired) electrons. The van der Waals surface area contributed by atoms with Crippen LogP contribution in [0.15, 0.2) is 122 Å². The molecule has 0 fully saturated rings. The molecule has 0 amide bonds. The van der Waals surface area contributed by atoms with Gasteiger partial charge in [-0.05, 0) is 107 Å². The van der Waals surface area contributed by atoms with Crippen LogP contribution in [0.25, 0.3) is 88.1 Å². The Morgan fingerprint density at radius 3 is 1.52 bits per heavy atom. The number of rotatable bonds is 3. The second kappa shape index (κ2) is 8.61. The minimum Gasteiger partial charge on any atom is -0.456 e. The van der Waals surface area contributed by atoms with Gasteiger partial charge in [-0.15, -0.1) is 0 Å². The average molecular weight is 543 g/mol. The summed E-state index contributed by atoms with van der Waals surface area (Å²) in [6, 6.07) is 38.5. The number of hydrogen-bond donors (Lipinski definition) is 0. The molecule has 0 N–H and O–H groups in total. The molecule has 9 rings (SSSR count). The van der Waals surface area contributed by atoms with Gasteiger partial charge in [0, 0.05) is 32.3 Å². The predicted molar refractivity (Wildman–Crippen MR) is 173 cm³/mol. The van der Waals surface area contributed by atoms with Crippen molar-refractivity contribution in [2.75, 3.05) is 0 Å². The van der Waals surface area contributed by atoms with Gasteiger partial charge in [0.05, 0.1) is 0 Å². The van der Waals surface area contributed by atoms with E-state index < -0.39 is 0 Å². The summed E-state index contributed by atoms with van der Waals surface area (Å²) >= 11 is 0. The van der Waals surface area contributed by atoms with Gasteiger partial charge in [-0.25, -0.2) is 0 Å². The van der Waals surface area contributed by atoms with Crippen LogP contribution in [-0.4, -0.2) is 0 Å². The Labute approximate surface area is 241 Å². The fraction of sp³-hybridized carbons (Fsp3) is 0.0769. The second-order valence-electron chi connectivity index (χ2n) is 11.2. The van der Waals surface area contributed by atoms with Crippen molar-refractivity contribution in [2.45, 2.75) is 20.3 Å². The van der Waals surface area contributed by atoms with Crippen LogP contribution in [0.5, 0.6) is 0 Å². The smallest absolute Gasteiger partial charge is 0.135 e. The van der Waals surface area contributed by atoms with Gasteiger partial charge in [0.15, 0.2) is 0 Å². The first-order valence-corrected chi connectivity index (χ1v) is 14.5. The van der Waals surface area contributed by atoms with Gasteiger partial charge in [0.2, 0.25) is 0 Å². The lowest BCUT2D eigenvalue weighted by molar-refractivity contribution is 0.668. The Hall–Kier alpha value is -5.28. The first-order valence-electron chi connectivity index (χ1n) is 14.5. The zero-order valence-electron chi connectivity index (χ0n) is 23.3. The Morgan fingerprint density at radius 1 is 0.429 bits per heavy atom. The average Bonchev–Trinajstić information content (AvgIpc) is 3.69. The molecule has 3 aromatic heterocycles. The quantitative estimate of drug-likeness (QED) is 0.223. The molecule has 0 aliphatic carbocycles. The van der Waals surface area contributed by atoms with Gasteiger partial charge in [-0.1, -0.05) is 55.5 Å². The maximum Gasteiger partial charge on any atom is 0.135 e. The third kappa shape index (κ3) is 3.34. The normalized spacial score (nSPS) is 12.1. The first-order chi connectivity index (χ1) is 20.6. The van der Waals surface area contributed by atoms with E-state index in [2.05, 4.69) is 98.8 Å². The van der Waals surface area contributed by atoms with Crippen molar-refractivity contribution in [1.29, 1.82) is 0 Å². The molecule has 9 aromatic rings. The van der Waals surface area contributed by atoms with Crippen LogP contribution in [0.3, 0.4) is 0 Å². The van der Waals surface area contributed by atoms with Gasteiger partial charge < -0.3 is 13.3 Å². The zero-order valence-corrected chi connectivity index (χ0v) is 23.3. The first kappa shape index (κ1) is 23.4. The van der Waals surface area contributed by atoms with Crippen LogP contribution < -0.4 is 0 Å². The van der Waals surface area contributed by atoms with Crippen molar-refractivity contribution < 1.29 is 13.3 Å². The van der Waals surface area contributed by atoms with Crippen LogP contribution >= 0.6 is 0 Å². The predicted octanol–water partition coefficient (Wildman–Crippen LogP) is 11.6. The highest BCUT2D eigenvalue weighted by molar-refractivity contribution is 6.11. The number of fused-ring (bicyclic) bond motifs is 9. The number of para-hydroxylation sites is 2. The molecule has 0 spiro atoms. The van der Waals surface area contributed by atoms with Crippen molar-refractivity contribution in [3.05, 3.63) is 120 Å². The van der Waals surface area contributed by atoms with Crippen molar-refractivity contribution in [3.63, 3.8) is 0 Å². The number of hydrogen-bond acceptors (Lipinski definition) is 3. The third-order valence-electron chi connectivity index (χ3n) is 8.80. The number of aryl methyl sites for hydroxylation is 2. The number of benzene rings is 6. The lowest BCUT2D eigenvalue weighted by Gasteiger charge is -2.09. The SMILES string of the molecule is CCc1cc2oc3ccccc3c2cc1-c1ccc2oc3ccc(-c4cc5c(cc4C)oc4ccccc45)cc3c2c1. The van der Waals surface area contributed by atoms with E-state index in [1.54, 1.807) is 0 Å². The molecule has 0 unspecified atom stereocenters. The summed E-state index contributed by atoms with van der Waals surface area (Å²) in [5.41, 5.74) is 12.7. The van der Waals surface area contributed by atoms with Gasteiger partial charge in [0.1, 0.15) is 33.5 Å². The number of furan rings is 3. The Balaban J connectivity index is 1.23. The van der Waals surface area contributed by atoms with Gasteiger partial charge in [0.25, 0.3) is 0 Å². The summed E-state index contributed by atoms with van der Waals surface area (Å²) in [6.45, 7) is 4.35. The monoisotopic (exact) mass is 542 g/mol. The van der Waals surface area contributed by atoms with Crippen LogP contribution in [-0.2, 0) is 6.42 Å². The largest absolute Gasteiger partial charge is 0.456 e. The van der Waals surface area contributed by atoms with Crippen LogP contribution in [0, 0.1) is 6.92 Å². The fourth-order valence-electron chi connectivity index (χ4n) is 6.67. The summed E-state index contributed by atoms with van der Waals surface area (Å²) in [5.74, 6) is 0. The van der Waals surface area contributed by atoms with E-state index in [4.69, 9.17) is 13.3 Å². The second-order valence-corrected chi connectivity index (χ2v) is 11.2. The topological polar surface area (TPSA) is 39.4 Å². The highest BCUT2D eigenvalue weighted by atomic mass is 16.3. The van der Waals surface area contributed by atoms with Crippen LogP contribution in [0.2, 0.25) is 0 Å². The van der Waals surface area contributed by atoms with E-state index in [0.717, 1.165) is 72.2 Å². The van der Waals surface area contributed by atoms with Gasteiger partial charge >= 0.3 is 0 Å². The fourth-order valence-corrected chi connectivity index (χ4v) is 6.67. The standard InChI is InChI=1S/C39H26O3/c1-3-23-19-39-33(27-9-5-7-11-35(27)42-39)21-29(23)25-13-15-37-31(18-25)30-17-24(12-14-36(30)40-37)28-20-32-26-8-4-6-10-34(26)41-38(32)16-22(28)2/h4-21H,3H2,1-2H3. The molecule has 3 heterocycles. The van der Waals surface area contributed by atoms with Crippen LogP contribution in [0.4, 0.5) is 0 Å². The molecule has 0 atom stereocenters. The van der Waals surface area contributed by atoms with E-state index in [0.29, 0.717) is 0 Å². The molecule has 0 aliphatic heterocycles. The summed E-state index contributed by atoms with van der Waals surface area (Å²) in [7, 11) is 0. The Kier molecular flexibility index (Phi) is 4.80. The molecule has 0 saturated carbocycles. The molecule has 0 saturated heterocycles. The van der Waals surface area contributed by atoms with Crippen molar-refractivity contribution >= 4 is 65.8 Å². The van der Waals surface area contributed by atoms with E-state index in [1.807, 2.05) is 24.3 Å². The summed E-state index contributed by atoms with van der Waals surface area (Å²) < 4.78 is 18.7. The maximum absolute atomic E-state index is 6.32. The highest BCUT2D eigenvalue weighted by Crippen LogP contribution is 2.40. The Bertz CT molecular complexity index is 2520. The van der Waals surface area contributed by atoms with E-state index in [1.165, 1.54) is 33.4 Å².